The topological polar surface area (TPSA) is 109 Å². The molecule has 0 aliphatic rings. The summed E-state index contributed by atoms with van der Waals surface area (Å²) in [5.41, 5.74) is -1.47. The number of alkyl halides is 3. The summed E-state index contributed by atoms with van der Waals surface area (Å²) in [5, 5.41) is 16.2. The summed E-state index contributed by atoms with van der Waals surface area (Å²) in [6.45, 7) is 5.32. The predicted octanol–water partition coefficient (Wildman–Crippen LogP) is 6.06. The van der Waals surface area contributed by atoms with Gasteiger partial charge in [0.15, 0.2) is 11.6 Å². The molecule has 1 aromatic heterocycles. The van der Waals surface area contributed by atoms with Gasteiger partial charge in [0.05, 0.1) is 40.3 Å². The van der Waals surface area contributed by atoms with Crippen molar-refractivity contribution in [3.8, 4) is 22.9 Å². The summed E-state index contributed by atoms with van der Waals surface area (Å²) < 4.78 is 52.3. The van der Waals surface area contributed by atoms with Gasteiger partial charge >= 0.3 is 11.9 Å². The number of fused-ring (bicyclic) bond motifs is 1. The van der Waals surface area contributed by atoms with Crippen LogP contribution in [0.25, 0.3) is 22.3 Å². The molecular weight excluding hydrogens is 517 g/mol. The van der Waals surface area contributed by atoms with Crippen LogP contribution in [0.2, 0.25) is 0 Å². The smallest absolute Gasteiger partial charge is 0.416 e. The molecule has 0 aliphatic carbocycles. The number of benzene rings is 3. The van der Waals surface area contributed by atoms with Crippen molar-refractivity contribution in [1.29, 1.82) is 0 Å². The Balaban J connectivity index is 1.92. The van der Waals surface area contributed by atoms with Gasteiger partial charge in [-0.15, -0.1) is 0 Å². The van der Waals surface area contributed by atoms with Crippen LogP contribution in [0, 0.1) is 10.1 Å². The lowest BCUT2D eigenvalue weighted by Gasteiger charge is -2.15. The zero-order chi connectivity index (χ0) is 28.3. The molecule has 4 aromatic rings. The van der Waals surface area contributed by atoms with E-state index in [0.717, 1.165) is 16.8 Å². The van der Waals surface area contributed by atoms with E-state index in [1.807, 2.05) is 0 Å². The minimum Gasteiger partial charge on any atom is -0.490 e. The molecule has 0 radical (unpaired) electrons. The number of para-hydroxylation sites is 1. The molecule has 0 spiro atoms. The summed E-state index contributed by atoms with van der Waals surface area (Å²) >= 11 is 0. The summed E-state index contributed by atoms with van der Waals surface area (Å²) in [5.74, 6) is -0.0903. The van der Waals surface area contributed by atoms with Crippen molar-refractivity contribution in [2.75, 3.05) is 6.61 Å². The Morgan fingerprint density at radius 2 is 1.87 bits per heavy atom. The second kappa shape index (κ2) is 10.9. The molecule has 0 N–H and O–H groups in total. The predicted molar refractivity (Wildman–Crippen MR) is 139 cm³/mol. The van der Waals surface area contributed by atoms with Gasteiger partial charge in [0.2, 0.25) is 5.75 Å². The Morgan fingerprint density at radius 3 is 2.54 bits per heavy atom. The quantitative estimate of drug-likeness (QED) is 0.153. The molecule has 0 atom stereocenters. The van der Waals surface area contributed by atoms with E-state index in [-0.39, 0.29) is 57.8 Å². The lowest BCUT2D eigenvalue weighted by Crippen LogP contribution is -2.20. The van der Waals surface area contributed by atoms with Gasteiger partial charge in [-0.2, -0.15) is 22.9 Å². The highest BCUT2D eigenvalue weighted by molar-refractivity contribution is 5.84. The number of nitro groups is 1. The standard InChI is InChI=1S/C27H23F3N4O5/c1-4-38-23-13-17(12-22(34(36)37)24(23)39-16(2)3)15-31-33-25(18-8-7-9-19(14-18)27(28,29)30)32-21-11-6-5-10-20(21)26(33)35/h5-16H,4H2,1-3H3. The molecule has 0 amide bonds. The lowest BCUT2D eigenvalue weighted by molar-refractivity contribution is -0.386. The van der Waals surface area contributed by atoms with Crippen LogP contribution in [0.1, 0.15) is 31.9 Å². The Labute approximate surface area is 220 Å². The molecule has 9 nitrogen and oxygen atoms in total. The number of ether oxygens (including phenoxy) is 2. The van der Waals surface area contributed by atoms with Crippen molar-refractivity contribution >= 4 is 22.8 Å². The number of nitro benzene ring substituents is 1. The molecule has 202 valence electrons. The van der Waals surface area contributed by atoms with Gasteiger partial charge in [0, 0.05) is 17.2 Å². The van der Waals surface area contributed by atoms with Crippen molar-refractivity contribution in [2.45, 2.75) is 33.1 Å². The van der Waals surface area contributed by atoms with Crippen LogP contribution < -0.4 is 15.0 Å². The van der Waals surface area contributed by atoms with Gasteiger partial charge < -0.3 is 9.47 Å². The highest BCUT2D eigenvalue weighted by Crippen LogP contribution is 2.39. The molecule has 0 aliphatic heterocycles. The number of aromatic nitrogens is 2. The third-order valence-electron chi connectivity index (χ3n) is 5.43. The zero-order valence-electron chi connectivity index (χ0n) is 21.1. The van der Waals surface area contributed by atoms with Crippen LogP contribution in [-0.4, -0.2) is 33.5 Å². The number of nitrogens with zero attached hydrogens (tertiary/aromatic N) is 4. The third kappa shape index (κ3) is 5.89. The first-order valence-corrected chi connectivity index (χ1v) is 11.8. The maximum absolute atomic E-state index is 13.4. The van der Waals surface area contributed by atoms with Crippen LogP contribution in [-0.2, 0) is 6.18 Å². The first-order chi connectivity index (χ1) is 18.5. The van der Waals surface area contributed by atoms with Crippen molar-refractivity contribution < 1.29 is 27.6 Å². The molecular formula is C27H23F3N4O5. The number of hydrogen-bond donors (Lipinski definition) is 0. The lowest BCUT2D eigenvalue weighted by atomic mass is 10.1. The number of halogens is 3. The van der Waals surface area contributed by atoms with E-state index in [9.17, 15) is 28.1 Å². The van der Waals surface area contributed by atoms with Crippen molar-refractivity contribution in [3.05, 3.63) is 92.3 Å². The highest BCUT2D eigenvalue weighted by Gasteiger charge is 2.31. The van der Waals surface area contributed by atoms with Crippen molar-refractivity contribution in [1.82, 2.24) is 9.66 Å². The van der Waals surface area contributed by atoms with E-state index in [1.54, 1.807) is 39.0 Å². The van der Waals surface area contributed by atoms with Gasteiger partial charge in [0.25, 0.3) is 5.56 Å². The minimum atomic E-state index is -4.62. The molecule has 0 unspecified atom stereocenters. The Bertz CT molecular complexity index is 1630. The second-order valence-electron chi connectivity index (χ2n) is 8.62. The molecule has 39 heavy (non-hydrogen) atoms. The van der Waals surface area contributed by atoms with E-state index in [4.69, 9.17) is 9.47 Å². The minimum absolute atomic E-state index is 0.00601. The van der Waals surface area contributed by atoms with Crippen LogP contribution in [0.5, 0.6) is 11.5 Å². The van der Waals surface area contributed by atoms with Gasteiger partial charge in [-0.3, -0.25) is 14.9 Å². The first kappa shape index (κ1) is 27.3. The van der Waals surface area contributed by atoms with Crippen LogP contribution in [0.4, 0.5) is 18.9 Å². The van der Waals surface area contributed by atoms with Crippen molar-refractivity contribution in [2.24, 2.45) is 5.10 Å². The van der Waals surface area contributed by atoms with E-state index in [2.05, 4.69) is 10.1 Å². The van der Waals surface area contributed by atoms with Gasteiger partial charge in [-0.25, -0.2) is 4.98 Å². The van der Waals surface area contributed by atoms with E-state index < -0.39 is 22.2 Å². The largest absolute Gasteiger partial charge is 0.490 e. The number of rotatable bonds is 8. The van der Waals surface area contributed by atoms with E-state index >= 15 is 0 Å². The maximum atomic E-state index is 13.4. The molecule has 0 saturated heterocycles. The van der Waals surface area contributed by atoms with Crippen LogP contribution >= 0.6 is 0 Å². The summed E-state index contributed by atoms with van der Waals surface area (Å²) in [7, 11) is 0. The fraction of sp³-hybridized carbons (Fsp3) is 0.222. The van der Waals surface area contributed by atoms with Crippen LogP contribution in [0.15, 0.2) is 70.6 Å². The molecule has 0 bridgehead atoms. The number of hydrogen-bond acceptors (Lipinski definition) is 7. The molecule has 1 heterocycles. The SMILES string of the molecule is CCOc1cc(C=Nn2c(-c3cccc(C(F)(F)F)c3)nc3ccccc3c2=O)cc([N+](=O)[O-])c1OC(C)C. The Kier molecular flexibility index (Phi) is 7.65. The summed E-state index contributed by atoms with van der Waals surface area (Å²) in [4.78, 5) is 29.0. The first-order valence-electron chi connectivity index (χ1n) is 11.8. The highest BCUT2D eigenvalue weighted by atomic mass is 19.4. The molecule has 4 rings (SSSR count). The Morgan fingerprint density at radius 1 is 1.13 bits per heavy atom. The fourth-order valence-corrected chi connectivity index (χ4v) is 3.81. The van der Waals surface area contributed by atoms with E-state index in [1.165, 1.54) is 36.5 Å². The van der Waals surface area contributed by atoms with Gasteiger partial charge in [-0.05, 0) is 51.1 Å². The monoisotopic (exact) mass is 540 g/mol. The van der Waals surface area contributed by atoms with Gasteiger partial charge in [-0.1, -0.05) is 24.3 Å². The van der Waals surface area contributed by atoms with Crippen molar-refractivity contribution in [3.63, 3.8) is 0 Å². The van der Waals surface area contributed by atoms with Gasteiger partial charge in [0.1, 0.15) is 0 Å². The van der Waals surface area contributed by atoms with E-state index in [0.29, 0.717) is 0 Å². The average Bonchev–Trinajstić information content (AvgIpc) is 2.88. The third-order valence-corrected chi connectivity index (χ3v) is 5.43. The zero-order valence-corrected chi connectivity index (χ0v) is 21.1. The fourth-order valence-electron chi connectivity index (χ4n) is 3.81. The summed E-state index contributed by atoms with van der Waals surface area (Å²) in [6, 6.07) is 13.4. The molecule has 0 fully saturated rings. The molecule has 3 aromatic carbocycles. The average molecular weight is 540 g/mol. The normalized spacial score (nSPS) is 11.9. The second-order valence-corrected chi connectivity index (χ2v) is 8.62. The Hall–Kier alpha value is -4.74. The van der Waals surface area contributed by atoms with Crippen LogP contribution in [0.3, 0.4) is 0 Å². The molecule has 12 heteroatoms. The molecule has 0 saturated carbocycles. The summed E-state index contributed by atoms with van der Waals surface area (Å²) in [6.07, 6.45) is -3.82. The maximum Gasteiger partial charge on any atom is 0.416 e.